The van der Waals surface area contributed by atoms with Crippen molar-refractivity contribution in [1.82, 2.24) is 0 Å². The molecule has 0 amide bonds. The van der Waals surface area contributed by atoms with Crippen LogP contribution in [-0.2, 0) is 4.74 Å². The van der Waals surface area contributed by atoms with Crippen LogP contribution in [0.1, 0.15) is 20.3 Å². The zero-order chi connectivity index (χ0) is 10.1. The van der Waals surface area contributed by atoms with Crippen molar-refractivity contribution in [3.05, 3.63) is 0 Å². The molecule has 0 aromatic heterocycles. The van der Waals surface area contributed by atoms with Gasteiger partial charge in [0.15, 0.2) is 0 Å². The van der Waals surface area contributed by atoms with E-state index in [0.717, 1.165) is 24.5 Å². The molecule has 0 aliphatic heterocycles. The second-order valence-electron chi connectivity index (χ2n) is 3.25. The zero-order valence-corrected chi connectivity index (χ0v) is 9.35. The summed E-state index contributed by atoms with van der Waals surface area (Å²) in [5.74, 6) is 1.77. The van der Waals surface area contributed by atoms with Crippen LogP contribution in [0, 0.1) is 0 Å². The Kier molecular flexibility index (Phi) is 8.97. The Labute approximate surface area is 85.0 Å². The maximum absolute atomic E-state index is 9.42. The first-order valence-electron chi connectivity index (χ1n) is 4.74. The Hall–Kier alpha value is 0.230. The number of ether oxygens (including phenoxy) is 1. The van der Waals surface area contributed by atoms with Crippen LogP contribution in [0.2, 0.25) is 0 Å². The predicted molar refractivity (Wildman–Crippen MR) is 58.1 cm³/mol. The van der Waals surface area contributed by atoms with Crippen LogP contribution in [-0.4, -0.2) is 42.0 Å². The molecule has 4 heteroatoms. The molecule has 3 N–H and O–H groups in total. The second kappa shape index (κ2) is 8.81. The molecule has 0 aliphatic carbocycles. The average molecular weight is 207 g/mol. The molecule has 0 spiro atoms. The minimum Gasteiger partial charge on any atom is -0.390 e. The van der Waals surface area contributed by atoms with Crippen LogP contribution in [0.25, 0.3) is 0 Å². The van der Waals surface area contributed by atoms with Gasteiger partial charge in [-0.3, -0.25) is 0 Å². The number of rotatable bonds is 8. The third-order valence-electron chi connectivity index (χ3n) is 1.42. The van der Waals surface area contributed by atoms with E-state index in [-0.39, 0.29) is 12.2 Å². The van der Waals surface area contributed by atoms with Gasteiger partial charge in [-0.05, 0) is 32.6 Å². The molecule has 3 nitrogen and oxygen atoms in total. The van der Waals surface area contributed by atoms with Gasteiger partial charge in [0.1, 0.15) is 0 Å². The van der Waals surface area contributed by atoms with E-state index in [9.17, 15) is 5.11 Å². The second-order valence-corrected chi connectivity index (χ2v) is 4.40. The third-order valence-corrected chi connectivity index (χ3v) is 2.62. The third kappa shape index (κ3) is 10.1. The van der Waals surface area contributed by atoms with Crippen LogP contribution in [0.4, 0.5) is 0 Å². The highest BCUT2D eigenvalue weighted by atomic mass is 32.2. The summed E-state index contributed by atoms with van der Waals surface area (Å²) in [6.07, 6.45) is 0.872. The molecule has 0 saturated carbocycles. The van der Waals surface area contributed by atoms with Crippen LogP contribution in [0.5, 0.6) is 0 Å². The van der Waals surface area contributed by atoms with E-state index in [1.165, 1.54) is 0 Å². The standard InChI is InChI=1S/C9H21NO2S/c1-8(2)12-6-9(11)7-13-5-3-4-10/h8-9,11H,3-7,10H2,1-2H3. The number of nitrogens with two attached hydrogens (primary N) is 1. The summed E-state index contributed by atoms with van der Waals surface area (Å²) in [5, 5.41) is 9.42. The first-order valence-corrected chi connectivity index (χ1v) is 5.89. The van der Waals surface area contributed by atoms with Gasteiger partial charge in [-0.25, -0.2) is 0 Å². The molecule has 0 rings (SSSR count). The van der Waals surface area contributed by atoms with E-state index in [0.29, 0.717) is 6.61 Å². The van der Waals surface area contributed by atoms with Gasteiger partial charge in [0.2, 0.25) is 0 Å². The first-order chi connectivity index (χ1) is 6.16. The Morgan fingerprint density at radius 2 is 2.15 bits per heavy atom. The fraction of sp³-hybridized carbons (Fsp3) is 1.00. The predicted octanol–water partition coefficient (Wildman–Crippen LogP) is 0.854. The van der Waals surface area contributed by atoms with Crippen LogP contribution < -0.4 is 5.73 Å². The molecule has 0 fully saturated rings. The Balaban J connectivity index is 3.15. The SMILES string of the molecule is CC(C)OCC(O)CSCCCN. The first kappa shape index (κ1) is 13.2. The largest absolute Gasteiger partial charge is 0.390 e. The quantitative estimate of drug-likeness (QED) is 0.580. The average Bonchev–Trinajstić information content (AvgIpc) is 2.09. The molecule has 0 aromatic rings. The van der Waals surface area contributed by atoms with Gasteiger partial charge in [0.25, 0.3) is 0 Å². The molecule has 0 radical (unpaired) electrons. The molecule has 0 aromatic carbocycles. The molecule has 0 bridgehead atoms. The lowest BCUT2D eigenvalue weighted by Crippen LogP contribution is -2.20. The van der Waals surface area contributed by atoms with Crippen molar-refractivity contribution in [1.29, 1.82) is 0 Å². The minimum absolute atomic E-state index is 0.198. The molecular weight excluding hydrogens is 186 g/mol. The highest BCUT2D eigenvalue weighted by molar-refractivity contribution is 7.99. The van der Waals surface area contributed by atoms with Crippen molar-refractivity contribution >= 4 is 11.8 Å². The lowest BCUT2D eigenvalue weighted by atomic mass is 10.4. The monoisotopic (exact) mass is 207 g/mol. The number of aliphatic hydroxyl groups is 1. The summed E-state index contributed by atoms with van der Waals surface area (Å²) in [6.45, 7) is 5.10. The number of hydrogen-bond acceptors (Lipinski definition) is 4. The molecule has 80 valence electrons. The highest BCUT2D eigenvalue weighted by Crippen LogP contribution is 2.05. The Bertz CT molecular complexity index is 112. The smallest absolute Gasteiger partial charge is 0.0863 e. The van der Waals surface area contributed by atoms with Crippen LogP contribution in [0.15, 0.2) is 0 Å². The van der Waals surface area contributed by atoms with Crippen molar-refractivity contribution in [3.63, 3.8) is 0 Å². The van der Waals surface area contributed by atoms with Crippen LogP contribution in [0.3, 0.4) is 0 Å². The summed E-state index contributed by atoms with van der Waals surface area (Å²) in [5.41, 5.74) is 5.34. The number of hydrogen-bond donors (Lipinski definition) is 2. The molecule has 13 heavy (non-hydrogen) atoms. The van der Waals surface area contributed by atoms with E-state index in [1.54, 1.807) is 11.8 Å². The fourth-order valence-electron chi connectivity index (χ4n) is 0.756. The van der Waals surface area contributed by atoms with Gasteiger partial charge < -0.3 is 15.6 Å². The summed E-state index contributed by atoms with van der Waals surface area (Å²) in [7, 11) is 0. The van der Waals surface area contributed by atoms with Gasteiger partial charge in [0, 0.05) is 5.75 Å². The van der Waals surface area contributed by atoms with Gasteiger partial charge in [-0.1, -0.05) is 0 Å². The normalized spacial score (nSPS) is 13.6. The Morgan fingerprint density at radius 1 is 1.46 bits per heavy atom. The summed E-state index contributed by atoms with van der Waals surface area (Å²) >= 11 is 1.73. The molecule has 1 atom stereocenters. The van der Waals surface area contributed by atoms with Crippen molar-refractivity contribution in [2.45, 2.75) is 32.5 Å². The van der Waals surface area contributed by atoms with E-state index >= 15 is 0 Å². The van der Waals surface area contributed by atoms with Crippen LogP contribution >= 0.6 is 11.8 Å². The molecule has 1 unspecified atom stereocenters. The molecule has 0 saturated heterocycles. The Morgan fingerprint density at radius 3 is 2.69 bits per heavy atom. The topological polar surface area (TPSA) is 55.5 Å². The lowest BCUT2D eigenvalue weighted by Gasteiger charge is -2.12. The lowest BCUT2D eigenvalue weighted by molar-refractivity contribution is 0.0152. The van der Waals surface area contributed by atoms with Gasteiger partial charge in [-0.15, -0.1) is 0 Å². The highest BCUT2D eigenvalue weighted by Gasteiger charge is 2.04. The van der Waals surface area contributed by atoms with Gasteiger partial charge in [0.05, 0.1) is 18.8 Å². The zero-order valence-electron chi connectivity index (χ0n) is 8.53. The van der Waals surface area contributed by atoms with E-state index < -0.39 is 0 Å². The van der Waals surface area contributed by atoms with Gasteiger partial charge >= 0.3 is 0 Å². The number of aliphatic hydroxyl groups excluding tert-OH is 1. The maximum Gasteiger partial charge on any atom is 0.0863 e. The van der Waals surface area contributed by atoms with E-state index in [2.05, 4.69) is 0 Å². The minimum atomic E-state index is -0.342. The van der Waals surface area contributed by atoms with Crippen molar-refractivity contribution in [2.75, 3.05) is 24.7 Å². The fourth-order valence-corrected chi connectivity index (χ4v) is 1.66. The molecule has 0 aliphatic rings. The summed E-state index contributed by atoms with van der Waals surface area (Å²) < 4.78 is 5.27. The summed E-state index contributed by atoms with van der Waals surface area (Å²) in [6, 6.07) is 0. The molecule has 0 heterocycles. The van der Waals surface area contributed by atoms with Crippen molar-refractivity contribution in [3.8, 4) is 0 Å². The maximum atomic E-state index is 9.42. The van der Waals surface area contributed by atoms with E-state index in [1.807, 2.05) is 13.8 Å². The summed E-state index contributed by atoms with van der Waals surface area (Å²) in [4.78, 5) is 0. The molecular formula is C9H21NO2S. The van der Waals surface area contributed by atoms with Gasteiger partial charge in [-0.2, -0.15) is 11.8 Å². The van der Waals surface area contributed by atoms with Crippen molar-refractivity contribution in [2.24, 2.45) is 5.73 Å². The van der Waals surface area contributed by atoms with Crippen molar-refractivity contribution < 1.29 is 9.84 Å². The number of thioether (sulfide) groups is 1. The van der Waals surface area contributed by atoms with E-state index in [4.69, 9.17) is 10.5 Å².